The average Bonchev–Trinajstić information content (AvgIpc) is 2.68. The smallest absolute Gasteiger partial charge is 0.305 e. The zero-order chi connectivity index (χ0) is 15.3. The molecule has 0 saturated carbocycles. The van der Waals surface area contributed by atoms with Crippen molar-refractivity contribution in [1.29, 1.82) is 0 Å². The molecule has 1 saturated heterocycles. The number of halogens is 1. The Kier molecular flexibility index (Phi) is 5.60. The van der Waals surface area contributed by atoms with E-state index in [2.05, 4.69) is 5.32 Å². The van der Waals surface area contributed by atoms with Gasteiger partial charge < -0.3 is 15.3 Å². The van der Waals surface area contributed by atoms with Gasteiger partial charge in [-0.15, -0.1) is 0 Å². The molecule has 1 rings (SSSR count). The first-order chi connectivity index (χ1) is 9.35. The SMILES string of the molecule is CN1CCC(CC(=O)NC(CC(=O)O)C(=O)CF)C1=O. The van der Waals surface area contributed by atoms with Gasteiger partial charge in [-0.25, -0.2) is 4.39 Å². The van der Waals surface area contributed by atoms with E-state index in [-0.39, 0.29) is 12.3 Å². The van der Waals surface area contributed by atoms with Crippen molar-refractivity contribution in [3.63, 3.8) is 0 Å². The molecule has 0 radical (unpaired) electrons. The molecule has 1 fully saturated rings. The van der Waals surface area contributed by atoms with Gasteiger partial charge in [-0.3, -0.25) is 19.2 Å². The van der Waals surface area contributed by atoms with Gasteiger partial charge in [-0.05, 0) is 6.42 Å². The van der Waals surface area contributed by atoms with E-state index in [0.717, 1.165) is 0 Å². The van der Waals surface area contributed by atoms with Crippen molar-refractivity contribution in [2.75, 3.05) is 20.3 Å². The van der Waals surface area contributed by atoms with E-state index in [1.807, 2.05) is 0 Å². The quantitative estimate of drug-likeness (QED) is 0.648. The van der Waals surface area contributed by atoms with Crippen molar-refractivity contribution in [2.45, 2.75) is 25.3 Å². The van der Waals surface area contributed by atoms with Crippen molar-refractivity contribution in [2.24, 2.45) is 5.92 Å². The molecule has 0 aromatic carbocycles. The number of nitrogens with one attached hydrogen (secondary N) is 1. The maximum atomic E-state index is 12.3. The van der Waals surface area contributed by atoms with Crippen molar-refractivity contribution < 1.29 is 28.7 Å². The van der Waals surface area contributed by atoms with Crippen molar-refractivity contribution in [3.8, 4) is 0 Å². The van der Waals surface area contributed by atoms with Crippen molar-refractivity contribution in [3.05, 3.63) is 0 Å². The number of Topliss-reactive ketones (excluding diaryl/α,β-unsaturated/α-hetero) is 1. The number of likely N-dealkylation sites (tertiary alicyclic amines) is 1. The maximum absolute atomic E-state index is 12.3. The van der Waals surface area contributed by atoms with Crippen LogP contribution in [-0.4, -0.2) is 59.9 Å². The Morgan fingerprint density at radius 2 is 2.15 bits per heavy atom. The molecule has 20 heavy (non-hydrogen) atoms. The van der Waals surface area contributed by atoms with Crippen LogP contribution in [0.25, 0.3) is 0 Å². The first-order valence-electron chi connectivity index (χ1n) is 6.20. The van der Waals surface area contributed by atoms with Crippen molar-refractivity contribution in [1.82, 2.24) is 10.2 Å². The largest absolute Gasteiger partial charge is 0.481 e. The predicted molar refractivity (Wildman–Crippen MR) is 65.5 cm³/mol. The van der Waals surface area contributed by atoms with E-state index in [1.165, 1.54) is 4.90 Å². The Morgan fingerprint density at radius 1 is 1.50 bits per heavy atom. The average molecular weight is 288 g/mol. The lowest BCUT2D eigenvalue weighted by molar-refractivity contribution is -0.140. The van der Waals surface area contributed by atoms with Gasteiger partial charge in [0.1, 0.15) is 12.7 Å². The molecule has 2 N–H and O–H groups in total. The molecule has 2 unspecified atom stereocenters. The van der Waals surface area contributed by atoms with Crippen LogP contribution in [0.4, 0.5) is 4.39 Å². The van der Waals surface area contributed by atoms with Gasteiger partial charge in [0.05, 0.1) is 6.42 Å². The molecule has 2 amide bonds. The second-order valence-electron chi connectivity index (χ2n) is 4.77. The standard InChI is InChI=1S/C12H17FN2O5/c1-15-3-2-7(12(15)20)4-10(17)14-8(5-11(18)19)9(16)6-13/h7-8H,2-6H2,1H3,(H,14,17)(H,18,19). The van der Waals surface area contributed by atoms with Crippen LogP contribution in [0.15, 0.2) is 0 Å². The molecule has 7 nitrogen and oxygen atoms in total. The van der Waals surface area contributed by atoms with Crippen LogP contribution in [0.2, 0.25) is 0 Å². The van der Waals surface area contributed by atoms with E-state index in [4.69, 9.17) is 5.11 Å². The Hall–Kier alpha value is -1.99. The summed E-state index contributed by atoms with van der Waals surface area (Å²) in [5.41, 5.74) is 0. The number of rotatable bonds is 7. The fourth-order valence-corrected chi connectivity index (χ4v) is 2.07. The highest BCUT2D eigenvalue weighted by molar-refractivity contribution is 5.93. The fourth-order valence-electron chi connectivity index (χ4n) is 2.07. The van der Waals surface area contributed by atoms with Crippen LogP contribution < -0.4 is 5.32 Å². The molecule has 0 aliphatic carbocycles. The number of ketones is 1. The summed E-state index contributed by atoms with van der Waals surface area (Å²) in [6.45, 7) is -0.790. The van der Waals surface area contributed by atoms with Crippen LogP contribution >= 0.6 is 0 Å². The lowest BCUT2D eigenvalue weighted by Crippen LogP contribution is -2.43. The molecule has 0 aromatic heterocycles. The lowest BCUT2D eigenvalue weighted by atomic mass is 10.0. The van der Waals surface area contributed by atoms with E-state index in [9.17, 15) is 23.6 Å². The minimum atomic E-state index is -1.39. The third kappa shape index (κ3) is 4.29. The summed E-state index contributed by atoms with van der Waals surface area (Å²) < 4.78 is 12.3. The summed E-state index contributed by atoms with van der Waals surface area (Å²) in [4.78, 5) is 46.6. The number of carbonyl (C=O) groups excluding carboxylic acids is 3. The number of hydrogen-bond donors (Lipinski definition) is 2. The van der Waals surface area contributed by atoms with Crippen LogP contribution in [0.3, 0.4) is 0 Å². The molecule has 1 aliphatic rings. The maximum Gasteiger partial charge on any atom is 0.305 e. The number of aliphatic carboxylic acids is 1. The third-order valence-corrected chi connectivity index (χ3v) is 3.20. The van der Waals surface area contributed by atoms with Crippen molar-refractivity contribution >= 4 is 23.6 Å². The molecule has 8 heteroatoms. The zero-order valence-corrected chi connectivity index (χ0v) is 11.1. The number of hydrogen-bond acceptors (Lipinski definition) is 4. The summed E-state index contributed by atoms with van der Waals surface area (Å²) in [5, 5.41) is 10.8. The summed E-state index contributed by atoms with van der Waals surface area (Å²) in [6.07, 6.45) is -0.269. The summed E-state index contributed by atoms with van der Waals surface area (Å²) in [6, 6.07) is -1.39. The molecule has 1 aliphatic heterocycles. The fraction of sp³-hybridized carbons (Fsp3) is 0.667. The molecular formula is C12H17FN2O5. The molecular weight excluding hydrogens is 271 g/mol. The normalized spacial score (nSPS) is 19.8. The van der Waals surface area contributed by atoms with Crippen LogP contribution in [0.5, 0.6) is 0 Å². The second-order valence-corrected chi connectivity index (χ2v) is 4.77. The molecule has 1 heterocycles. The number of carboxylic acids is 1. The van der Waals surface area contributed by atoms with E-state index >= 15 is 0 Å². The first kappa shape index (κ1) is 16.1. The van der Waals surface area contributed by atoms with E-state index < -0.39 is 42.7 Å². The number of alkyl halides is 1. The van der Waals surface area contributed by atoms with Gasteiger partial charge in [0.15, 0.2) is 5.78 Å². The first-order valence-corrected chi connectivity index (χ1v) is 6.20. The van der Waals surface area contributed by atoms with Crippen LogP contribution in [0, 0.1) is 5.92 Å². The molecule has 0 spiro atoms. The molecule has 2 atom stereocenters. The summed E-state index contributed by atoms with van der Waals surface area (Å²) in [7, 11) is 1.63. The minimum Gasteiger partial charge on any atom is -0.481 e. The molecule has 0 aromatic rings. The van der Waals surface area contributed by atoms with E-state index in [1.54, 1.807) is 7.05 Å². The van der Waals surface area contributed by atoms with Gasteiger partial charge in [-0.1, -0.05) is 0 Å². The number of nitrogens with zero attached hydrogens (tertiary/aromatic N) is 1. The number of amides is 2. The predicted octanol–water partition coefficient (Wildman–Crippen LogP) is -0.647. The second kappa shape index (κ2) is 6.97. The minimum absolute atomic E-state index is 0.126. The topological polar surface area (TPSA) is 104 Å². The lowest BCUT2D eigenvalue weighted by Gasteiger charge is -2.16. The Morgan fingerprint density at radius 3 is 2.60 bits per heavy atom. The molecule has 0 bridgehead atoms. The highest BCUT2D eigenvalue weighted by Gasteiger charge is 2.32. The third-order valence-electron chi connectivity index (χ3n) is 3.20. The van der Waals surface area contributed by atoms with Crippen LogP contribution in [-0.2, 0) is 19.2 Å². The number of carboxylic acid groups (broad SMARTS) is 1. The van der Waals surface area contributed by atoms with Gasteiger partial charge in [-0.2, -0.15) is 0 Å². The van der Waals surface area contributed by atoms with Gasteiger partial charge >= 0.3 is 5.97 Å². The summed E-state index contributed by atoms with van der Waals surface area (Å²) >= 11 is 0. The zero-order valence-electron chi connectivity index (χ0n) is 11.1. The molecule has 112 valence electrons. The van der Waals surface area contributed by atoms with E-state index in [0.29, 0.717) is 13.0 Å². The van der Waals surface area contributed by atoms with Crippen LogP contribution in [0.1, 0.15) is 19.3 Å². The highest BCUT2D eigenvalue weighted by Crippen LogP contribution is 2.19. The van der Waals surface area contributed by atoms with Gasteiger partial charge in [0.2, 0.25) is 11.8 Å². The van der Waals surface area contributed by atoms with Gasteiger partial charge in [0.25, 0.3) is 0 Å². The Labute approximate surface area is 115 Å². The number of carbonyl (C=O) groups is 4. The Bertz CT molecular complexity index is 426. The monoisotopic (exact) mass is 288 g/mol. The summed E-state index contributed by atoms with van der Waals surface area (Å²) in [5.74, 6) is -3.55. The Balaban J connectivity index is 2.55. The van der Waals surface area contributed by atoms with Gasteiger partial charge in [0, 0.05) is 25.9 Å². The highest BCUT2D eigenvalue weighted by atomic mass is 19.1.